The largest absolute Gasteiger partial charge is 0.481 e. The molecule has 0 aliphatic heterocycles. The maximum atomic E-state index is 10.3. The van der Waals surface area contributed by atoms with Crippen molar-refractivity contribution >= 4 is 23.9 Å². The zero-order valence-corrected chi connectivity index (χ0v) is 10.5. The van der Waals surface area contributed by atoms with Gasteiger partial charge >= 0.3 is 23.9 Å². The first-order valence-corrected chi connectivity index (χ1v) is 5.26. The molecule has 1 atom stereocenters. The van der Waals surface area contributed by atoms with Crippen LogP contribution in [0.3, 0.4) is 0 Å². The van der Waals surface area contributed by atoms with Crippen molar-refractivity contribution in [2.24, 2.45) is 0 Å². The summed E-state index contributed by atoms with van der Waals surface area (Å²) in [5.74, 6) is -6.17. The molecule has 0 aliphatic carbocycles. The van der Waals surface area contributed by atoms with E-state index >= 15 is 0 Å². The van der Waals surface area contributed by atoms with Gasteiger partial charge in [-0.05, 0) is 6.42 Å². The minimum atomic E-state index is -2.74. The quantitative estimate of drug-likeness (QED) is 0.325. The van der Waals surface area contributed by atoms with E-state index in [9.17, 15) is 19.2 Å². The molecule has 0 radical (unpaired) electrons. The van der Waals surface area contributed by atoms with Crippen LogP contribution in [0.2, 0.25) is 0 Å². The molecule has 0 rings (SSSR count). The molecular weight excluding hydrogens is 280 g/mol. The summed E-state index contributed by atoms with van der Waals surface area (Å²) >= 11 is 0. The van der Waals surface area contributed by atoms with Crippen LogP contribution in [-0.2, 0) is 19.2 Å². The summed E-state index contributed by atoms with van der Waals surface area (Å²) < 4.78 is 0. The number of hydrogen-bond donors (Lipinski definition) is 6. The van der Waals surface area contributed by atoms with Gasteiger partial charge in [0.1, 0.15) is 0 Å². The van der Waals surface area contributed by atoms with Gasteiger partial charge in [-0.2, -0.15) is 0 Å². The van der Waals surface area contributed by atoms with E-state index in [0.717, 1.165) is 0 Å². The molecule has 0 aromatic rings. The average molecular weight is 296 g/mol. The Labute approximate surface area is 112 Å². The van der Waals surface area contributed by atoms with E-state index in [1.807, 2.05) is 0 Å². The summed E-state index contributed by atoms with van der Waals surface area (Å²) in [6, 6.07) is 0. The minimum Gasteiger partial charge on any atom is -0.481 e. The topological polar surface area (TPSA) is 190 Å². The molecule has 6 N–H and O–H groups in total. The average Bonchev–Trinajstić information content (AvgIpc) is 2.26. The van der Waals surface area contributed by atoms with Gasteiger partial charge in [-0.15, -0.1) is 0 Å². The molecule has 1 unspecified atom stereocenters. The van der Waals surface area contributed by atoms with Crippen LogP contribution in [0.25, 0.3) is 0 Å². The fourth-order valence-electron chi connectivity index (χ4n) is 0.889. The number of carboxylic acids is 4. The van der Waals surface area contributed by atoms with Crippen molar-refractivity contribution in [3.8, 4) is 0 Å². The first-order chi connectivity index (χ1) is 8.96. The van der Waals surface area contributed by atoms with Gasteiger partial charge < -0.3 is 30.6 Å². The number of aliphatic hydroxyl groups excluding tert-OH is 1. The summed E-state index contributed by atoms with van der Waals surface area (Å²) in [6.07, 6.45) is -3.20. The highest BCUT2D eigenvalue weighted by Gasteiger charge is 2.40. The summed E-state index contributed by atoms with van der Waals surface area (Å²) in [7, 11) is 0. The van der Waals surface area contributed by atoms with Crippen molar-refractivity contribution in [2.75, 3.05) is 0 Å². The zero-order chi connectivity index (χ0) is 16.5. The Balaban J connectivity index is 0. The second kappa shape index (κ2) is 8.82. The van der Waals surface area contributed by atoms with Crippen LogP contribution in [0.4, 0.5) is 0 Å². The molecule has 0 heterocycles. The lowest BCUT2D eigenvalue weighted by molar-refractivity contribution is -0.170. The van der Waals surface area contributed by atoms with Crippen molar-refractivity contribution in [1.82, 2.24) is 0 Å². The highest BCUT2D eigenvalue weighted by Crippen LogP contribution is 2.15. The predicted octanol–water partition coefficient (Wildman–Crippen LogP) is -1.41. The van der Waals surface area contributed by atoms with Crippen LogP contribution < -0.4 is 0 Å². The predicted molar refractivity (Wildman–Crippen MR) is 61.0 cm³/mol. The molecule has 10 nitrogen and oxygen atoms in total. The standard InChI is InChI=1S/C6H8O7.C4H8O3/c7-3(8)1-6(13,5(11)12)2-4(9)10;1-2-3(5)4(6)7/h13H,1-2H2,(H,7,8)(H,9,10)(H,11,12);3,5H,2H2,1H3,(H,6,7). The first-order valence-electron chi connectivity index (χ1n) is 5.26. The third-order valence-corrected chi connectivity index (χ3v) is 1.96. The van der Waals surface area contributed by atoms with Gasteiger partial charge in [0.25, 0.3) is 0 Å². The van der Waals surface area contributed by atoms with Crippen LogP contribution >= 0.6 is 0 Å². The number of rotatable bonds is 7. The highest BCUT2D eigenvalue weighted by atomic mass is 16.4. The van der Waals surface area contributed by atoms with Gasteiger partial charge in [-0.25, -0.2) is 9.59 Å². The zero-order valence-electron chi connectivity index (χ0n) is 10.5. The SMILES string of the molecule is CCC(O)C(=O)O.O=C(O)CC(O)(CC(=O)O)C(=O)O. The molecule has 20 heavy (non-hydrogen) atoms. The molecule has 0 saturated heterocycles. The minimum absolute atomic E-state index is 0.273. The second-order valence-electron chi connectivity index (χ2n) is 3.74. The maximum absolute atomic E-state index is 10.3. The van der Waals surface area contributed by atoms with Gasteiger partial charge in [0, 0.05) is 0 Å². The number of aliphatic carboxylic acids is 4. The third kappa shape index (κ3) is 8.83. The highest BCUT2D eigenvalue weighted by molar-refractivity contribution is 5.88. The lowest BCUT2D eigenvalue weighted by atomic mass is 9.96. The second-order valence-corrected chi connectivity index (χ2v) is 3.74. The lowest BCUT2D eigenvalue weighted by Crippen LogP contribution is -2.42. The Morgan fingerprint density at radius 1 is 0.950 bits per heavy atom. The van der Waals surface area contributed by atoms with Crippen molar-refractivity contribution in [2.45, 2.75) is 37.9 Å². The lowest BCUT2D eigenvalue weighted by Gasteiger charge is -2.18. The van der Waals surface area contributed by atoms with Gasteiger partial charge in [-0.1, -0.05) is 6.92 Å². The van der Waals surface area contributed by atoms with Gasteiger partial charge in [0.05, 0.1) is 12.8 Å². The Bertz CT molecular complexity index is 358. The molecule has 0 aromatic heterocycles. The van der Waals surface area contributed by atoms with Crippen molar-refractivity contribution in [1.29, 1.82) is 0 Å². The Morgan fingerprint density at radius 2 is 1.30 bits per heavy atom. The van der Waals surface area contributed by atoms with Gasteiger partial charge in [0.15, 0.2) is 11.7 Å². The first kappa shape index (κ1) is 20.1. The van der Waals surface area contributed by atoms with Crippen LogP contribution in [-0.4, -0.2) is 66.2 Å². The molecule has 0 fully saturated rings. The fourth-order valence-corrected chi connectivity index (χ4v) is 0.889. The van der Waals surface area contributed by atoms with Crippen LogP contribution in [0.1, 0.15) is 26.2 Å². The number of carbonyl (C=O) groups is 4. The van der Waals surface area contributed by atoms with Crippen molar-refractivity contribution < 1.29 is 49.8 Å². The summed E-state index contributed by atoms with van der Waals surface area (Å²) in [5.41, 5.74) is -2.74. The number of hydrogen-bond acceptors (Lipinski definition) is 6. The van der Waals surface area contributed by atoms with E-state index in [0.29, 0.717) is 0 Å². The third-order valence-electron chi connectivity index (χ3n) is 1.96. The van der Waals surface area contributed by atoms with E-state index in [4.69, 9.17) is 30.6 Å². The number of carboxylic acid groups (broad SMARTS) is 4. The summed E-state index contributed by atoms with van der Waals surface area (Å²) in [4.78, 5) is 40.2. The maximum Gasteiger partial charge on any atom is 0.336 e. The fraction of sp³-hybridized carbons (Fsp3) is 0.600. The number of aliphatic hydroxyl groups is 2. The summed E-state index contributed by atoms with van der Waals surface area (Å²) in [6.45, 7) is 1.61. The molecule has 0 spiro atoms. The van der Waals surface area contributed by atoms with Gasteiger partial charge in [0.2, 0.25) is 0 Å². The Kier molecular flexibility index (Phi) is 8.88. The van der Waals surface area contributed by atoms with Crippen LogP contribution in [0, 0.1) is 0 Å². The Morgan fingerprint density at radius 3 is 1.40 bits per heavy atom. The monoisotopic (exact) mass is 296 g/mol. The molecular formula is C10H16O10. The molecule has 0 bridgehead atoms. The van der Waals surface area contributed by atoms with Crippen molar-refractivity contribution in [3.05, 3.63) is 0 Å². The smallest absolute Gasteiger partial charge is 0.336 e. The normalized spacial score (nSPS) is 11.8. The molecule has 116 valence electrons. The van der Waals surface area contributed by atoms with E-state index in [1.165, 1.54) is 0 Å². The Hall–Kier alpha value is -2.20. The van der Waals surface area contributed by atoms with Crippen molar-refractivity contribution in [3.63, 3.8) is 0 Å². The van der Waals surface area contributed by atoms with Crippen LogP contribution in [0.5, 0.6) is 0 Å². The molecule has 0 aliphatic rings. The molecule has 10 heteroatoms. The molecule has 0 amide bonds. The molecule has 0 aromatic carbocycles. The molecule has 0 saturated carbocycles. The van der Waals surface area contributed by atoms with E-state index in [2.05, 4.69) is 0 Å². The summed E-state index contributed by atoms with van der Waals surface area (Å²) in [5, 5.41) is 50.1. The van der Waals surface area contributed by atoms with Crippen LogP contribution in [0.15, 0.2) is 0 Å². The van der Waals surface area contributed by atoms with E-state index < -0.39 is 48.4 Å². The van der Waals surface area contributed by atoms with Gasteiger partial charge in [-0.3, -0.25) is 9.59 Å². The van der Waals surface area contributed by atoms with E-state index in [-0.39, 0.29) is 6.42 Å². The van der Waals surface area contributed by atoms with E-state index in [1.54, 1.807) is 6.92 Å².